The van der Waals surface area contributed by atoms with Crippen LogP contribution in [0.25, 0.3) is 0 Å². The van der Waals surface area contributed by atoms with Gasteiger partial charge in [-0.1, -0.05) is 321 Å². The summed E-state index contributed by atoms with van der Waals surface area (Å²) in [5.74, 6) is -0.170. The molecule has 0 spiro atoms. The van der Waals surface area contributed by atoms with E-state index in [0.29, 0.717) is 19.4 Å². The van der Waals surface area contributed by atoms with E-state index in [4.69, 9.17) is 14.2 Å². The van der Waals surface area contributed by atoms with E-state index < -0.39 is 49.5 Å². The number of carbonyl (C=O) groups is 2. The molecule has 0 radical (unpaired) electrons. The Morgan fingerprint density at radius 1 is 0.429 bits per heavy atom. The Morgan fingerprint density at radius 3 is 1.14 bits per heavy atom. The van der Waals surface area contributed by atoms with Crippen molar-refractivity contribution in [1.29, 1.82) is 0 Å². The lowest BCUT2D eigenvalue weighted by Gasteiger charge is -2.40. The van der Waals surface area contributed by atoms with Gasteiger partial charge in [-0.15, -0.1) is 0 Å². The predicted octanol–water partition coefficient (Wildman–Crippen LogP) is 18.8. The number of hydrogen-bond donors (Lipinski definition) is 6. The molecule has 7 atom stereocenters. The molecule has 1 aliphatic heterocycles. The van der Waals surface area contributed by atoms with Gasteiger partial charge in [-0.3, -0.25) is 9.59 Å². The first-order chi connectivity index (χ1) is 41.2. The molecule has 1 saturated heterocycles. The van der Waals surface area contributed by atoms with Crippen LogP contribution >= 0.6 is 0 Å². The molecule has 0 aromatic carbocycles. The molecule has 11 nitrogen and oxygen atoms in total. The number of rotatable bonds is 65. The monoisotopic (exact) mass is 1190 g/mol. The normalized spacial score (nSPS) is 18.1. The van der Waals surface area contributed by atoms with Crippen molar-refractivity contribution in [2.75, 3.05) is 19.8 Å². The lowest BCUT2D eigenvalue weighted by atomic mass is 9.99. The molecule has 1 amide bonds. The van der Waals surface area contributed by atoms with Crippen molar-refractivity contribution in [3.05, 3.63) is 24.3 Å². The second-order valence-corrected chi connectivity index (χ2v) is 25.7. The van der Waals surface area contributed by atoms with Gasteiger partial charge in [-0.05, 0) is 57.8 Å². The first-order valence-electron chi connectivity index (χ1n) is 36.6. The summed E-state index contributed by atoms with van der Waals surface area (Å²) in [6, 6.07) is -0.808. The topological polar surface area (TPSA) is 175 Å². The Kier molecular flexibility index (Phi) is 59.9. The first-order valence-corrected chi connectivity index (χ1v) is 36.6. The molecule has 11 heteroatoms. The van der Waals surface area contributed by atoms with Gasteiger partial charge >= 0.3 is 5.97 Å². The summed E-state index contributed by atoms with van der Waals surface area (Å²) in [5, 5.41) is 54.3. The number of hydrogen-bond acceptors (Lipinski definition) is 10. The van der Waals surface area contributed by atoms with Crippen LogP contribution in [-0.4, -0.2) is 100 Å². The van der Waals surface area contributed by atoms with Gasteiger partial charge in [0.1, 0.15) is 24.4 Å². The van der Waals surface area contributed by atoms with E-state index in [0.717, 1.165) is 51.4 Å². The zero-order valence-corrected chi connectivity index (χ0v) is 55.1. The van der Waals surface area contributed by atoms with Crippen LogP contribution in [0.15, 0.2) is 24.3 Å². The minimum absolute atomic E-state index is 0.0122. The highest BCUT2D eigenvalue weighted by Crippen LogP contribution is 2.23. The van der Waals surface area contributed by atoms with E-state index in [1.807, 2.05) is 6.08 Å². The van der Waals surface area contributed by atoms with Crippen molar-refractivity contribution in [1.82, 2.24) is 5.32 Å². The number of carbonyl (C=O) groups excluding carboxylic acids is 2. The molecule has 6 N–H and O–H groups in total. The summed E-state index contributed by atoms with van der Waals surface area (Å²) in [6.45, 7) is 4.36. The molecule has 7 unspecified atom stereocenters. The average Bonchev–Trinajstić information content (AvgIpc) is 3.44. The van der Waals surface area contributed by atoms with Gasteiger partial charge in [-0.2, -0.15) is 0 Å². The molecular formula is C73H139NO10. The largest absolute Gasteiger partial charge is 0.466 e. The molecule has 0 aromatic heterocycles. The van der Waals surface area contributed by atoms with E-state index in [2.05, 4.69) is 31.3 Å². The Morgan fingerprint density at radius 2 is 0.762 bits per heavy atom. The van der Waals surface area contributed by atoms with Crippen molar-refractivity contribution >= 4 is 11.9 Å². The molecule has 1 heterocycles. The molecule has 1 fully saturated rings. The molecular weight excluding hydrogens is 1050 g/mol. The van der Waals surface area contributed by atoms with Gasteiger partial charge in [0.15, 0.2) is 6.29 Å². The quantitative estimate of drug-likeness (QED) is 0.0195. The summed E-state index contributed by atoms with van der Waals surface area (Å²) in [5.41, 5.74) is 0. The van der Waals surface area contributed by atoms with Crippen LogP contribution in [0, 0.1) is 0 Å². The number of aliphatic hydroxyl groups is 5. The van der Waals surface area contributed by atoms with Crippen LogP contribution in [0.5, 0.6) is 0 Å². The zero-order valence-electron chi connectivity index (χ0n) is 55.1. The van der Waals surface area contributed by atoms with E-state index in [1.165, 1.54) is 289 Å². The molecule has 0 saturated carbocycles. The number of amides is 1. The smallest absolute Gasteiger partial charge is 0.305 e. The Hall–Kier alpha value is -1.86. The second kappa shape index (κ2) is 62.7. The van der Waals surface area contributed by atoms with Crippen molar-refractivity contribution < 1.29 is 49.3 Å². The van der Waals surface area contributed by atoms with Crippen LogP contribution in [0.3, 0.4) is 0 Å². The van der Waals surface area contributed by atoms with Gasteiger partial charge < -0.3 is 45.1 Å². The van der Waals surface area contributed by atoms with Gasteiger partial charge in [0.25, 0.3) is 0 Å². The highest BCUT2D eigenvalue weighted by Gasteiger charge is 2.44. The Bertz CT molecular complexity index is 1440. The van der Waals surface area contributed by atoms with Crippen molar-refractivity contribution in [3.8, 4) is 0 Å². The Balaban J connectivity index is 1.90. The van der Waals surface area contributed by atoms with Crippen molar-refractivity contribution in [2.24, 2.45) is 0 Å². The van der Waals surface area contributed by atoms with Crippen molar-refractivity contribution in [3.63, 3.8) is 0 Å². The van der Waals surface area contributed by atoms with Crippen molar-refractivity contribution in [2.45, 2.75) is 410 Å². The van der Waals surface area contributed by atoms with E-state index in [9.17, 15) is 35.1 Å². The number of nitrogens with one attached hydrogen (secondary N) is 1. The molecule has 84 heavy (non-hydrogen) atoms. The predicted molar refractivity (Wildman–Crippen MR) is 352 cm³/mol. The van der Waals surface area contributed by atoms with Crippen LogP contribution in [-0.2, 0) is 23.8 Å². The summed E-state index contributed by atoms with van der Waals surface area (Å²) in [7, 11) is 0. The van der Waals surface area contributed by atoms with Crippen LogP contribution in [0.4, 0.5) is 0 Å². The van der Waals surface area contributed by atoms with Gasteiger partial charge in [-0.25, -0.2) is 0 Å². The number of allylic oxidation sites excluding steroid dienone is 3. The number of ether oxygens (including phenoxy) is 3. The maximum absolute atomic E-state index is 13.0. The third-order valence-electron chi connectivity index (χ3n) is 17.6. The molecule has 0 aliphatic carbocycles. The highest BCUT2D eigenvalue weighted by molar-refractivity contribution is 5.76. The van der Waals surface area contributed by atoms with Gasteiger partial charge in [0.2, 0.25) is 5.91 Å². The molecule has 0 aromatic rings. The first kappa shape index (κ1) is 80.2. The van der Waals surface area contributed by atoms with Gasteiger partial charge in [0, 0.05) is 12.8 Å². The fourth-order valence-electron chi connectivity index (χ4n) is 11.8. The Labute approximate surface area is 518 Å². The summed E-state index contributed by atoms with van der Waals surface area (Å²) in [4.78, 5) is 25.1. The molecule has 496 valence electrons. The van der Waals surface area contributed by atoms with E-state index in [-0.39, 0.29) is 18.5 Å². The lowest BCUT2D eigenvalue weighted by molar-refractivity contribution is -0.302. The summed E-state index contributed by atoms with van der Waals surface area (Å²) < 4.78 is 16.7. The zero-order chi connectivity index (χ0) is 60.9. The van der Waals surface area contributed by atoms with Gasteiger partial charge in [0.05, 0.1) is 32.0 Å². The minimum atomic E-state index is -1.57. The maximum atomic E-state index is 13.0. The summed E-state index contributed by atoms with van der Waals surface area (Å²) in [6.07, 6.45) is 69.1. The van der Waals surface area contributed by atoms with E-state index >= 15 is 0 Å². The number of esters is 1. The second-order valence-electron chi connectivity index (χ2n) is 25.7. The fourth-order valence-corrected chi connectivity index (χ4v) is 11.8. The molecule has 1 rings (SSSR count). The molecule has 0 bridgehead atoms. The van der Waals surface area contributed by atoms with E-state index in [1.54, 1.807) is 6.08 Å². The third-order valence-corrected chi connectivity index (χ3v) is 17.6. The van der Waals surface area contributed by atoms with Crippen LogP contribution < -0.4 is 5.32 Å². The lowest BCUT2D eigenvalue weighted by Crippen LogP contribution is -2.60. The third kappa shape index (κ3) is 51.1. The van der Waals surface area contributed by atoms with Crippen LogP contribution in [0.2, 0.25) is 0 Å². The SMILES string of the molecule is CCCCCCCCC/C=C/C(O)C(COC1OC(CO)C(O)C(O)C1O)NC(=O)CCCCCCCCCCCCCC/C=C\CCCCCCCCCCCCCCOC(=O)CCCCCCCCCCCCCCCCCCCCC. The standard InChI is InChI=1S/C73H139NO10/c1-3-5-7-9-11-13-14-15-16-17-28-32-35-38-41-45-49-53-57-61-69(78)82-62-58-54-50-46-42-39-36-33-30-27-25-23-21-19-18-20-22-24-26-29-31-34-37-40-44-48-52-56-60-68(77)74-65(66(76)59-55-51-47-43-12-10-8-6-4-2)64-83-73-72(81)71(80)70(79)67(63-75)84-73/h18-19,55,59,65-67,70-73,75-76,79-81H,3-17,20-54,56-58,60-64H2,1-2H3,(H,74,77)/b19-18-,59-55+. The average molecular weight is 1190 g/mol. The highest BCUT2D eigenvalue weighted by atomic mass is 16.7. The fraction of sp³-hybridized carbons (Fsp3) is 0.918. The number of aliphatic hydroxyl groups excluding tert-OH is 5. The number of unbranched alkanes of at least 4 members (excludes halogenated alkanes) is 49. The molecule has 1 aliphatic rings. The summed E-state index contributed by atoms with van der Waals surface area (Å²) >= 11 is 0. The minimum Gasteiger partial charge on any atom is -0.466 e. The maximum Gasteiger partial charge on any atom is 0.305 e. The van der Waals surface area contributed by atoms with Crippen LogP contribution in [0.1, 0.15) is 367 Å².